The normalized spacial score (nSPS) is 14.2. The number of fused-ring (bicyclic) bond motifs is 1. The molecule has 0 fully saturated rings. The van der Waals surface area contributed by atoms with Gasteiger partial charge in [-0.1, -0.05) is 29.8 Å². The fraction of sp³-hybridized carbons (Fsp3) is 0.200. The molecule has 0 aliphatic rings. The molecule has 6 heteroatoms. The number of furan rings is 1. The Labute approximate surface area is 125 Å². The highest BCUT2D eigenvalue weighted by Crippen LogP contribution is 2.29. The Morgan fingerprint density at radius 2 is 2.24 bits per heavy atom. The number of carboxylic acids is 1. The Bertz CT molecular complexity index is 808. The molecule has 0 saturated carbocycles. The number of hydrogen-bond donors (Lipinski definition) is 1. The van der Waals surface area contributed by atoms with Crippen molar-refractivity contribution in [3.05, 3.63) is 53.5 Å². The van der Waals surface area contributed by atoms with E-state index in [1.807, 2.05) is 24.3 Å². The lowest BCUT2D eigenvalue weighted by molar-refractivity contribution is -0.147. The van der Waals surface area contributed by atoms with Crippen LogP contribution in [0.1, 0.15) is 12.5 Å². The van der Waals surface area contributed by atoms with Crippen molar-refractivity contribution in [3.8, 4) is 0 Å². The molecule has 0 bridgehead atoms. The van der Waals surface area contributed by atoms with Gasteiger partial charge in [-0.15, -0.1) is 0 Å². The summed E-state index contributed by atoms with van der Waals surface area (Å²) in [7, 11) is 0. The number of aliphatic carboxylic acids is 1. The summed E-state index contributed by atoms with van der Waals surface area (Å²) >= 11 is 5.85. The quantitative estimate of drug-likeness (QED) is 0.803. The molecule has 21 heavy (non-hydrogen) atoms. The summed E-state index contributed by atoms with van der Waals surface area (Å²) in [5.41, 5.74) is 0.320. The molecule has 0 saturated heterocycles. The zero-order valence-corrected chi connectivity index (χ0v) is 12.0. The van der Waals surface area contributed by atoms with E-state index in [2.05, 4.69) is 5.10 Å². The van der Waals surface area contributed by atoms with Crippen LogP contribution in [0.5, 0.6) is 0 Å². The predicted octanol–water partition coefficient (Wildman–Crippen LogP) is 3.33. The van der Waals surface area contributed by atoms with Gasteiger partial charge < -0.3 is 9.52 Å². The minimum Gasteiger partial charge on any atom is -0.479 e. The van der Waals surface area contributed by atoms with Gasteiger partial charge in [0.15, 0.2) is 5.54 Å². The van der Waals surface area contributed by atoms with Gasteiger partial charge in [0.1, 0.15) is 5.58 Å². The summed E-state index contributed by atoms with van der Waals surface area (Å²) < 4.78 is 6.84. The van der Waals surface area contributed by atoms with Gasteiger partial charge in [-0.2, -0.15) is 5.10 Å². The first kappa shape index (κ1) is 13.7. The van der Waals surface area contributed by atoms with Crippen LogP contribution in [-0.4, -0.2) is 20.9 Å². The molecule has 0 radical (unpaired) electrons. The Kier molecular flexibility index (Phi) is 3.22. The molecular formula is C15H13ClN2O3. The number of aromatic nitrogens is 2. The van der Waals surface area contributed by atoms with Crippen molar-refractivity contribution in [3.63, 3.8) is 0 Å². The molecular weight excluding hydrogens is 292 g/mol. The molecule has 0 amide bonds. The van der Waals surface area contributed by atoms with Gasteiger partial charge in [-0.05, 0) is 13.0 Å². The average Bonchev–Trinajstić information content (AvgIpc) is 3.06. The Morgan fingerprint density at radius 1 is 1.48 bits per heavy atom. The van der Waals surface area contributed by atoms with E-state index >= 15 is 0 Å². The number of carbonyl (C=O) groups is 1. The van der Waals surface area contributed by atoms with Crippen molar-refractivity contribution in [1.82, 2.24) is 9.78 Å². The average molecular weight is 305 g/mol. The topological polar surface area (TPSA) is 68.3 Å². The van der Waals surface area contributed by atoms with Crippen LogP contribution in [0.25, 0.3) is 11.0 Å². The van der Waals surface area contributed by atoms with Crippen molar-refractivity contribution in [2.24, 2.45) is 0 Å². The maximum atomic E-state index is 11.8. The zero-order chi connectivity index (χ0) is 15.0. The number of benzene rings is 1. The molecule has 2 heterocycles. The molecule has 3 aromatic rings. The number of carboxylic acid groups (broad SMARTS) is 1. The maximum absolute atomic E-state index is 11.8. The summed E-state index contributed by atoms with van der Waals surface area (Å²) in [6, 6.07) is 7.53. The lowest BCUT2D eigenvalue weighted by atomic mass is 9.93. The van der Waals surface area contributed by atoms with Crippen molar-refractivity contribution in [2.45, 2.75) is 18.9 Å². The second-order valence-corrected chi connectivity index (χ2v) is 5.55. The highest BCUT2D eigenvalue weighted by atomic mass is 35.5. The Balaban J connectivity index is 2.05. The van der Waals surface area contributed by atoms with Crippen LogP contribution in [0.3, 0.4) is 0 Å². The minimum atomic E-state index is -1.24. The SMILES string of the molecule is CC(Cc1coc2ccccc12)(C(=O)O)n1cc(Cl)cn1. The van der Waals surface area contributed by atoms with E-state index in [9.17, 15) is 9.90 Å². The van der Waals surface area contributed by atoms with Crippen molar-refractivity contribution in [2.75, 3.05) is 0 Å². The van der Waals surface area contributed by atoms with Crippen LogP contribution in [0.2, 0.25) is 5.02 Å². The lowest BCUT2D eigenvalue weighted by Crippen LogP contribution is -2.41. The van der Waals surface area contributed by atoms with Gasteiger partial charge in [0, 0.05) is 23.6 Å². The number of para-hydroxylation sites is 1. The van der Waals surface area contributed by atoms with Gasteiger partial charge >= 0.3 is 5.97 Å². The maximum Gasteiger partial charge on any atom is 0.331 e. The van der Waals surface area contributed by atoms with Crippen molar-refractivity contribution >= 4 is 28.5 Å². The zero-order valence-electron chi connectivity index (χ0n) is 11.3. The second kappa shape index (κ2) is 4.93. The number of rotatable bonds is 4. The third-order valence-corrected chi connectivity index (χ3v) is 3.81. The lowest BCUT2D eigenvalue weighted by Gasteiger charge is -2.25. The van der Waals surface area contributed by atoms with Crippen molar-refractivity contribution < 1.29 is 14.3 Å². The van der Waals surface area contributed by atoms with Crippen LogP contribution in [-0.2, 0) is 16.8 Å². The summed E-state index contributed by atoms with van der Waals surface area (Å²) in [5.74, 6) is -0.979. The smallest absolute Gasteiger partial charge is 0.331 e. The van der Waals surface area contributed by atoms with Crippen LogP contribution < -0.4 is 0 Å². The summed E-state index contributed by atoms with van der Waals surface area (Å²) in [5, 5.41) is 15.0. The molecule has 1 aromatic carbocycles. The number of halogens is 1. The van der Waals surface area contributed by atoms with Crippen LogP contribution in [0, 0.1) is 0 Å². The van der Waals surface area contributed by atoms with Crippen LogP contribution in [0.4, 0.5) is 0 Å². The van der Waals surface area contributed by atoms with Gasteiger partial charge in [0.25, 0.3) is 0 Å². The highest BCUT2D eigenvalue weighted by molar-refractivity contribution is 6.30. The summed E-state index contributed by atoms with van der Waals surface area (Å²) in [6.45, 7) is 1.61. The molecule has 2 aromatic heterocycles. The predicted molar refractivity (Wildman–Crippen MR) is 78.4 cm³/mol. The molecule has 0 aliphatic carbocycles. The van der Waals surface area contributed by atoms with Gasteiger partial charge in [0.2, 0.25) is 0 Å². The van der Waals surface area contributed by atoms with Crippen molar-refractivity contribution in [1.29, 1.82) is 0 Å². The van der Waals surface area contributed by atoms with Crippen LogP contribution >= 0.6 is 11.6 Å². The molecule has 0 aliphatic heterocycles. The molecule has 108 valence electrons. The first-order valence-electron chi connectivity index (χ1n) is 6.40. The molecule has 1 unspecified atom stereocenters. The van der Waals surface area contributed by atoms with Gasteiger partial charge in [-0.3, -0.25) is 4.68 Å². The van der Waals surface area contributed by atoms with E-state index in [0.29, 0.717) is 5.02 Å². The molecule has 1 N–H and O–H groups in total. The standard InChI is InChI=1S/C15H13ClN2O3/c1-15(14(19)20,18-8-11(16)7-17-18)6-10-9-21-13-5-3-2-4-12(10)13/h2-5,7-9H,6H2,1H3,(H,19,20). The third kappa shape index (κ3) is 2.29. The fourth-order valence-corrected chi connectivity index (χ4v) is 2.50. The molecule has 1 atom stereocenters. The second-order valence-electron chi connectivity index (χ2n) is 5.12. The van der Waals surface area contributed by atoms with E-state index in [1.54, 1.807) is 13.2 Å². The van der Waals surface area contributed by atoms with E-state index in [0.717, 1.165) is 16.5 Å². The summed E-state index contributed by atoms with van der Waals surface area (Å²) in [4.78, 5) is 11.8. The molecule has 5 nitrogen and oxygen atoms in total. The van der Waals surface area contributed by atoms with Crippen LogP contribution in [0.15, 0.2) is 47.3 Å². The minimum absolute atomic E-state index is 0.247. The third-order valence-electron chi connectivity index (χ3n) is 3.61. The number of hydrogen-bond acceptors (Lipinski definition) is 3. The van der Waals surface area contributed by atoms with Gasteiger partial charge in [0.05, 0.1) is 17.5 Å². The van der Waals surface area contributed by atoms with Gasteiger partial charge in [-0.25, -0.2) is 4.79 Å². The Morgan fingerprint density at radius 3 is 2.90 bits per heavy atom. The first-order chi connectivity index (χ1) is 10.0. The largest absolute Gasteiger partial charge is 0.479 e. The van der Waals surface area contributed by atoms with E-state index in [1.165, 1.54) is 17.1 Å². The molecule has 0 spiro atoms. The van der Waals surface area contributed by atoms with E-state index in [4.69, 9.17) is 16.0 Å². The first-order valence-corrected chi connectivity index (χ1v) is 6.77. The monoisotopic (exact) mass is 304 g/mol. The van der Waals surface area contributed by atoms with E-state index in [-0.39, 0.29) is 6.42 Å². The number of nitrogens with zero attached hydrogens (tertiary/aromatic N) is 2. The summed E-state index contributed by atoms with van der Waals surface area (Å²) in [6.07, 6.45) is 4.78. The Hall–Kier alpha value is -2.27. The molecule has 3 rings (SSSR count). The fourth-order valence-electron chi connectivity index (χ4n) is 2.37. The van der Waals surface area contributed by atoms with E-state index < -0.39 is 11.5 Å². The highest BCUT2D eigenvalue weighted by Gasteiger charge is 2.37.